The molecule has 21 heavy (non-hydrogen) atoms. The monoisotopic (exact) mass is 356 g/mol. The van der Waals surface area contributed by atoms with Crippen LogP contribution in [0.1, 0.15) is 25.5 Å². The van der Waals surface area contributed by atoms with Crippen LogP contribution in [0.2, 0.25) is 0 Å². The van der Waals surface area contributed by atoms with Gasteiger partial charge in [0.25, 0.3) is 0 Å². The highest BCUT2D eigenvalue weighted by Crippen LogP contribution is 2.40. The molecule has 0 spiro atoms. The van der Waals surface area contributed by atoms with Crippen LogP contribution in [-0.2, 0) is 0 Å². The first-order valence-electron chi connectivity index (χ1n) is 7.38. The molecule has 1 aliphatic rings. The molecule has 1 fully saturated rings. The Morgan fingerprint density at radius 3 is 2.57 bits per heavy atom. The van der Waals surface area contributed by atoms with Gasteiger partial charge in [0.15, 0.2) is 0 Å². The smallest absolute Gasteiger partial charge is 0.133 e. The second-order valence-electron chi connectivity index (χ2n) is 6.23. The van der Waals surface area contributed by atoms with Crippen LogP contribution >= 0.6 is 15.9 Å². The van der Waals surface area contributed by atoms with Crippen molar-refractivity contribution in [3.63, 3.8) is 0 Å². The van der Waals surface area contributed by atoms with Crippen molar-refractivity contribution in [3.8, 4) is 5.75 Å². The van der Waals surface area contributed by atoms with Crippen LogP contribution in [0.5, 0.6) is 5.75 Å². The molecule has 0 aromatic heterocycles. The number of rotatable bonds is 5. The predicted octanol–water partition coefficient (Wildman–Crippen LogP) is 2.42. The zero-order valence-corrected chi connectivity index (χ0v) is 14.6. The van der Waals surface area contributed by atoms with E-state index in [0.717, 1.165) is 36.4 Å². The lowest BCUT2D eigenvalue weighted by Gasteiger charge is -2.43. The SMILES string of the molecule is COc1ccc([C@H](N2CCNCC2)C(C)(C)CO)cc1Br. The molecule has 118 valence electrons. The number of halogens is 1. The highest BCUT2D eigenvalue weighted by Gasteiger charge is 2.35. The van der Waals surface area contributed by atoms with Gasteiger partial charge in [-0.1, -0.05) is 19.9 Å². The zero-order valence-electron chi connectivity index (χ0n) is 13.0. The Labute approximate surface area is 135 Å². The van der Waals surface area contributed by atoms with E-state index in [9.17, 15) is 5.11 Å². The summed E-state index contributed by atoms with van der Waals surface area (Å²) in [6, 6.07) is 6.39. The van der Waals surface area contributed by atoms with Gasteiger partial charge in [0.05, 0.1) is 11.6 Å². The first kappa shape index (κ1) is 16.7. The largest absolute Gasteiger partial charge is 0.496 e. The Bertz CT molecular complexity index is 473. The number of nitrogens with zero attached hydrogens (tertiary/aromatic N) is 1. The van der Waals surface area contributed by atoms with E-state index in [1.807, 2.05) is 6.07 Å². The van der Waals surface area contributed by atoms with Crippen molar-refractivity contribution in [1.82, 2.24) is 10.2 Å². The van der Waals surface area contributed by atoms with Gasteiger partial charge in [-0.15, -0.1) is 0 Å². The average molecular weight is 357 g/mol. The second-order valence-corrected chi connectivity index (χ2v) is 7.08. The molecule has 0 saturated carbocycles. The summed E-state index contributed by atoms with van der Waals surface area (Å²) in [5, 5.41) is 13.2. The Balaban J connectivity index is 2.36. The van der Waals surface area contributed by atoms with E-state index in [2.05, 4.69) is 52.1 Å². The fourth-order valence-electron chi connectivity index (χ4n) is 3.04. The molecule has 0 radical (unpaired) electrons. The van der Waals surface area contributed by atoms with Crippen molar-refractivity contribution < 1.29 is 9.84 Å². The van der Waals surface area contributed by atoms with Crippen LogP contribution in [0.15, 0.2) is 22.7 Å². The minimum atomic E-state index is -0.203. The Morgan fingerprint density at radius 1 is 1.38 bits per heavy atom. The molecule has 0 aliphatic carbocycles. The molecule has 2 N–H and O–H groups in total. The lowest BCUT2D eigenvalue weighted by molar-refractivity contribution is 0.0305. The molecule has 4 nitrogen and oxygen atoms in total. The Morgan fingerprint density at radius 2 is 2.05 bits per heavy atom. The average Bonchev–Trinajstić information content (AvgIpc) is 2.48. The van der Waals surface area contributed by atoms with E-state index in [1.165, 1.54) is 5.56 Å². The lowest BCUT2D eigenvalue weighted by Crippen LogP contribution is -2.49. The number of benzene rings is 1. The molecule has 1 saturated heterocycles. The van der Waals surface area contributed by atoms with Crippen molar-refractivity contribution >= 4 is 15.9 Å². The van der Waals surface area contributed by atoms with E-state index >= 15 is 0 Å². The van der Waals surface area contributed by atoms with Crippen LogP contribution in [0.25, 0.3) is 0 Å². The van der Waals surface area contributed by atoms with E-state index in [0.29, 0.717) is 0 Å². The minimum absolute atomic E-state index is 0.158. The normalized spacial score (nSPS) is 18.5. The van der Waals surface area contributed by atoms with Crippen molar-refractivity contribution in [2.24, 2.45) is 5.41 Å². The fraction of sp³-hybridized carbons (Fsp3) is 0.625. The first-order valence-corrected chi connectivity index (χ1v) is 8.18. The molecular weight excluding hydrogens is 332 g/mol. The topological polar surface area (TPSA) is 44.7 Å². The summed E-state index contributed by atoms with van der Waals surface area (Å²) >= 11 is 3.57. The molecule has 1 aliphatic heterocycles. The van der Waals surface area contributed by atoms with E-state index in [-0.39, 0.29) is 18.1 Å². The van der Waals surface area contributed by atoms with Crippen LogP contribution in [-0.4, -0.2) is 49.9 Å². The minimum Gasteiger partial charge on any atom is -0.496 e. The van der Waals surface area contributed by atoms with Gasteiger partial charge in [-0.25, -0.2) is 0 Å². The van der Waals surface area contributed by atoms with Gasteiger partial charge in [0.2, 0.25) is 0 Å². The predicted molar refractivity (Wildman–Crippen MR) is 88.7 cm³/mol. The third-order valence-electron chi connectivity index (χ3n) is 4.16. The summed E-state index contributed by atoms with van der Waals surface area (Å²) < 4.78 is 6.27. The number of ether oxygens (including phenoxy) is 1. The highest BCUT2D eigenvalue weighted by atomic mass is 79.9. The highest BCUT2D eigenvalue weighted by molar-refractivity contribution is 9.10. The number of aliphatic hydroxyl groups excluding tert-OH is 1. The second kappa shape index (κ2) is 7.09. The van der Waals surface area contributed by atoms with Gasteiger partial charge in [-0.05, 0) is 33.6 Å². The number of nitrogens with one attached hydrogen (secondary N) is 1. The van der Waals surface area contributed by atoms with Crippen molar-refractivity contribution in [3.05, 3.63) is 28.2 Å². The van der Waals surface area contributed by atoms with Crippen LogP contribution in [0, 0.1) is 5.41 Å². The number of hydrogen-bond acceptors (Lipinski definition) is 4. The molecule has 0 unspecified atom stereocenters. The van der Waals surface area contributed by atoms with E-state index < -0.39 is 0 Å². The maximum absolute atomic E-state index is 9.85. The van der Waals surface area contributed by atoms with Crippen molar-refractivity contribution in [1.29, 1.82) is 0 Å². The molecule has 0 bridgehead atoms. The summed E-state index contributed by atoms with van der Waals surface area (Å²) in [5.74, 6) is 0.833. The molecule has 2 rings (SSSR count). The third kappa shape index (κ3) is 3.77. The summed E-state index contributed by atoms with van der Waals surface area (Å²) in [5.41, 5.74) is 1.01. The first-order chi connectivity index (χ1) is 9.99. The maximum Gasteiger partial charge on any atom is 0.133 e. The van der Waals surface area contributed by atoms with E-state index in [4.69, 9.17) is 4.74 Å². The number of aliphatic hydroxyl groups is 1. The standard InChI is InChI=1S/C16H25BrN2O2/c1-16(2,11-20)15(19-8-6-18-7-9-19)12-4-5-14(21-3)13(17)10-12/h4-5,10,15,18,20H,6-9,11H2,1-3H3/t15-/m0/s1. The van der Waals surface area contributed by atoms with Crippen molar-refractivity contribution in [2.75, 3.05) is 39.9 Å². The fourth-order valence-corrected chi connectivity index (χ4v) is 3.59. The van der Waals surface area contributed by atoms with Crippen LogP contribution in [0.4, 0.5) is 0 Å². The number of piperazine rings is 1. The molecule has 1 heterocycles. The van der Waals surface area contributed by atoms with Crippen molar-refractivity contribution in [2.45, 2.75) is 19.9 Å². The van der Waals surface area contributed by atoms with Gasteiger partial charge >= 0.3 is 0 Å². The molecule has 1 aromatic rings. The molecule has 0 amide bonds. The summed E-state index contributed by atoms with van der Waals surface area (Å²) in [6.07, 6.45) is 0. The molecular formula is C16H25BrN2O2. The van der Waals surface area contributed by atoms with Gasteiger partial charge < -0.3 is 15.2 Å². The van der Waals surface area contributed by atoms with Crippen LogP contribution in [0.3, 0.4) is 0 Å². The Hall–Kier alpha value is -0.620. The summed E-state index contributed by atoms with van der Waals surface area (Å²) in [7, 11) is 1.67. The quantitative estimate of drug-likeness (QED) is 0.850. The van der Waals surface area contributed by atoms with Gasteiger partial charge in [-0.2, -0.15) is 0 Å². The van der Waals surface area contributed by atoms with Gasteiger partial charge in [0.1, 0.15) is 5.75 Å². The third-order valence-corrected chi connectivity index (χ3v) is 4.78. The van der Waals surface area contributed by atoms with E-state index in [1.54, 1.807) is 7.11 Å². The molecule has 1 aromatic carbocycles. The van der Waals surface area contributed by atoms with Crippen LogP contribution < -0.4 is 10.1 Å². The number of methoxy groups -OCH3 is 1. The van der Waals surface area contributed by atoms with Gasteiger partial charge in [-0.3, -0.25) is 4.90 Å². The van der Waals surface area contributed by atoms with Gasteiger partial charge in [0, 0.05) is 44.2 Å². The molecule has 5 heteroatoms. The summed E-state index contributed by atoms with van der Waals surface area (Å²) in [4.78, 5) is 2.46. The maximum atomic E-state index is 9.85. The summed E-state index contributed by atoms with van der Waals surface area (Å²) in [6.45, 7) is 8.39. The zero-order chi connectivity index (χ0) is 15.5. The Kier molecular flexibility index (Phi) is 5.66. The number of hydrogen-bond donors (Lipinski definition) is 2. The molecule has 1 atom stereocenters. The lowest BCUT2D eigenvalue weighted by atomic mass is 9.79.